The maximum Gasteiger partial charge on any atom is 0.311 e. The van der Waals surface area contributed by atoms with Crippen molar-refractivity contribution < 1.29 is 19.0 Å². The maximum atomic E-state index is 11.3. The van der Waals surface area contributed by atoms with Gasteiger partial charge in [0.1, 0.15) is 0 Å². The second-order valence-electron chi connectivity index (χ2n) is 4.06. The lowest BCUT2D eigenvalue weighted by atomic mass is 10.2. The van der Waals surface area contributed by atoms with E-state index in [-0.39, 0.29) is 24.3 Å². The van der Waals surface area contributed by atoms with E-state index in [1.165, 1.54) is 0 Å². The summed E-state index contributed by atoms with van der Waals surface area (Å²) >= 11 is 0. The maximum absolute atomic E-state index is 11.3. The van der Waals surface area contributed by atoms with E-state index in [1.807, 2.05) is 6.92 Å². The summed E-state index contributed by atoms with van der Waals surface area (Å²) < 4.78 is 16.0. The van der Waals surface area contributed by atoms with E-state index in [4.69, 9.17) is 14.2 Å². The average Bonchev–Trinajstić information content (AvgIpc) is 2.99. The van der Waals surface area contributed by atoms with E-state index in [0.29, 0.717) is 6.61 Å². The quantitative estimate of drug-likeness (QED) is 0.665. The Morgan fingerprint density at radius 3 is 3.00 bits per heavy atom. The van der Waals surface area contributed by atoms with Crippen LogP contribution in [0.5, 0.6) is 0 Å². The summed E-state index contributed by atoms with van der Waals surface area (Å²) in [6, 6.07) is 0. The van der Waals surface area contributed by atoms with E-state index < -0.39 is 0 Å². The predicted molar refractivity (Wildman–Crippen MR) is 53.2 cm³/mol. The second kappa shape index (κ2) is 4.94. The van der Waals surface area contributed by atoms with Gasteiger partial charge in [-0.2, -0.15) is 0 Å². The normalized spacial score (nSPS) is 34.9. The topological polar surface area (TPSA) is 44.8 Å². The molecule has 0 aromatic carbocycles. The molecule has 1 aliphatic carbocycles. The average molecular weight is 214 g/mol. The third-order valence-electron chi connectivity index (χ3n) is 2.79. The van der Waals surface area contributed by atoms with Gasteiger partial charge in [-0.25, -0.2) is 0 Å². The molecule has 86 valence electrons. The molecule has 0 bridgehead atoms. The van der Waals surface area contributed by atoms with Crippen molar-refractivity contribution in [2.75, 3.05) is 13.2 Å². The molecule has 0 amide bonds. The number of esters is 1. The highest BCUT2D eigenvalue weighted by atomic mass is 16.7. The monoisotopic (exact) mass is 214 g/mol. The molecular formula is C11H18O4. The number of hydrogen-bond donors (Lipinski definition) is 0. The molecule has 0 N–H and O–H groups in total. The van der Waals surface area contributed by atoms with E-state index in [1.54, 1.807) is 0 Å². The summed E-state index contributed by atoms with van der Waals surface area (Å²) in [6.07, 6.45) is 3.95. The van der Waals surface area contributed by atoms with Crippen molar-refractivity contribution in [3.8, 4) is 0 Å². The van der Waals surface area contributed by atoms with Gasteiger partial charge in [0.2, 0.25) is 0 Å². The lowest BCUT2D eigenvalue weighted by Crippen LogP contribution is -2.24. The molecule has 0 aromatic heterocycles. The van der Waals surface area contributed by atoms with Crippen LogP contribution in [0.4, 0.5) is 0 Å². The number of carbonyl (C=O) groups is 1. The Kier molecular flexibility index (Phi) is 3.59. The highest BCUT2D eigenvalue weighted by molar-refractivity contribution is 5.76. The first-order chi connectivity index (χ1) is 7.31. The molecule has 1 saturated carbocycles. The molecule has 3 atom stereocenters. The molecule has 1 heterocycles. The van der Waals surface area contributed by atoms with Crippen molar-refractivity contribution in [2.24, 2.45) is 5.92 Å². The van der Waals surface area contributed by atoms with Crippen LogP contribution in [0.3, 0.4) is 0 Å². The van der Waals surface area contributed by atoms with Crippen LogP contribution in [0.1, 0.15) is 32.6 Å². The van der Waals surface area contributed by atoms with Gasteiger partial charge >= 0.3 is 5.97 Å². The van der Waals surface area contributed by atoms with Gasteiger partial charge in [0.25, 0.3) is 0 Å². The first-order valence-electron chi connectivity index (χ1n) is 5.75. The van der Waals surface area contributed by atoms with Crippen LogP contribution in [0.2, 0.25) is 0 Å². The van der Waals surface area contributed by atoms with Crippen LogP contribution in [0.25, 0.3) is 0 Å². The number of ether oxygens (including phenoxy) is 3. The van der Waals surface area contributed by atoms with Crippen LogP contribution < -0.4 is 0 Å². The summed E-state index contributed by atoms with van der Waals surface area (Å²) in [5, 5.41) is 0. The fourth-order valence-electron chi connectivity index (χ4n) is 1.83. The highest BCUT2D eigenvalue weighted by Gasteiger charge is 2.46. The number of hydrogen-bond acceptors (Lipinski definition) is 4. The molecule has 4 nitrogen and oxygen atoms in total. The van der Waals surface area contributed by atoms with Crippen molar-refractivity contribution in [2.45, 2.75) is 45.0 Å². The third kappa shape index (κ3) is 2.92. The zero-order chi connectivity index (χ0) is 10.7. The summed E-state index contributed by atoms with van der Waals surface area (Å²) in [7, 11) is 0. The Bertz CT molecular complexity index is 223. The zero-order valence-corrected chi connectivity index (χ0v) is 9.11. The van der Waals surface area contributed by atoms with Crippen molar-refractivity contribution in [3.05, 3.63) is 0 Å². The Morgan fingerprint density at radius 2 is 2.33 bits per heavy atom. The Balaban J connectivity index is 1.67. The molecule has 0 radical (unpaired) electrons. The van der Waals surface area contributed by atoms with Crippen LogP contribution >= 0.6 is 0 Å². The van der Waals surface area contributed by atoms with Gasteiger partial charge in [0.05, 0.1) is 18.6 Å². The summed E-state index contributed by atoms with van der Waals surface area (Å²) in [5.41, 5.74) is 0. The Labute approximate surface area is 89.9 Å². The van der Waals surface area contributed by atoms with E-state index in [0.717, 1.165) is 32.3 Å². The lowest BCUT2D eigenvalue weighted by Gasteiger charge is -2.22. The standard InChI is InChI=1S/C11H18O4/c1-2-13-11(12)8-7-9(8)15-10-5-3-4-6-14-10/h8-10H,2-7H2,1H3/t8-,9+,10?/m1/s1. The summed E-state index contributed by atoms with van der Waals surface area (Å²) in [6.45, 7) is 3.05. The second-order valence-corrected chi connectivity index (χ2v) is 4.06. The fraction of sp³-hybridized carbons (Fsp3) is 0.909. The smallest absolute Gasteiger partial charge is 0.311 e. The minimum absolute atomic E-state index is 0.0344. The zero-order valence-electron chi connectivity index (χ0n) is 9.11. The molecular weight excluding hydrogens is 196 g/mol. The lowest BCUT2D eigenvalue weighted by molar-refractivity contribution is -0.174. The summed E-state index contributed by atoms with van der Waals surface area (Å²) in [5.74, 6) is -0.172. The molecule has 0 spiro atoms. The molecule has 0 aromatic rings. The van der Waals surface area contributed by atoms with Crippen molar-refractivity contribution in [1.82, 2.24) is 0 Å². The van der Waals surface area contributed by atoms with Crippen LogP contribution in [0, 0.1) is 5.92 Å². The van der Waals surface area contributed by atoms with Crippen molar-refractivity contribution >= 4 is 5.97 Å². The van der Waals surface area contributed by atoms with Crippen LogP contribution in [0.15, 0.2) is 0 Å². The van der Waals surface area contributed by atoms with Gasteiger partial charge in [-0.05, 0) is 32.6 Å². The number of rotatable bonds is 4. The van der Waals surface area contributed by atoms with Gasteiger partial charge < -0.3 is 14.2 Å². The molecule has 4 heteroatoms. The van der Waals surface area contributed by atoms with Gasteiger partial charge in [0, 0.05) is 6.61 Å². The van der Waals surface area contributed by atoms with Gasteiger partial charge in [-0.3, -0.25) is 4.79 Å². The Hall–Kier alpha value is -0.610. The molecule has 1 unspecified atom stereocenters. The Morgan fingerprint density at radius 1 is 1.47 bits per heavy atom. The number of carbonyl (C=O) groups excluding carboxylic acids is 1. The first-order valence-corrected chi connectivity index (χ1v) is 5.75. The van der Waals surface area contributed by atoms with E-state index >= 15 is 0 Å². The van der Waals surface area contributed by atoms with Gasteiger partial charge in [-0.15, -0.1) is 0 Å². The fourth-order valence-corrected chi connectivity index (χ4v) is 1.83. The first kappa shape index (κ1) is 10.9. The molecule has 2 aliphatic rings. The highest BCUT2D eigenvalue weighted by Crippen LogP contribution is 2.37. The molecule has 1 aliphatic heterocycles. The molecule has 2 fully saturated rings. The SMILES string of the molecule is CCOC(=O)[C@@H]1C[C@@H]1OC1CCCCO1. The largest absolute Gasteiger partial charge is 0.466 e. The van der Waals surface area contributed by atoms with E-state index in [2.05, 4.69) is 0 Å². The predicted octanol–water partition coefficient (Wildman–Crippen LogP) is 1.48. The van der Waals surface area contributed by atoms with Crippen molar-refractivity contribution in [1.29, 1.82) is 0 Å². The van der Waals surface area contributed by atoms with Crippen LogP contribution in [-0.4, -0.2) is 31.6 Å². The summed E-state index contributed by atoms with van der Waals surface area (Å²) in [4.78, 5) is 11.3. The minimum Gasteiger partial charge on any atom is -0.466 e. The molecule has 1 saturated heterocycles. The van der Waals surface area contributed by atoms with Crippen LogP contribution in [-0.2, 0) is 19.0 Å². The third-order valence-corrected chi connectivity index (χ3v) is 2.79. The molecule has 2 rings (SSSR count). The van der Waals surface area contributed by atoms with Gasteiger partial charge in [0.15, 0.2) is 6.29 Å². The molecule has 15 heavy (non-hydrogen) atoms. The van der Waals surface area contributed by atoms with Gasteiger partial charge in [-0.1, -0.05) is 0 Å². The minimum atomic E-state index is -0.127. The van der Waals surface area contributed by atoms with E-state index in [9.17, 15) is 4.79 Å². The van der Waals surface area contributed by atoms with Crippen molar-refractivity contribution in [3.63, 3.8) is 0 Å².